The van der Waals surface area contributed by atoms with E-state index in [9.17, 15) is 4.79 Å². The van der Waals surface area contributed by atoms with Crippen molar-refractivity contribution in [2.24, 2.45) is 0 Å². The number of hydrogen-bond acceptors (Lipinski definition) is 2. The number of hydrogen-bond donors (Lipinski definition) is 1. The van der Waals surface area contributed by atoms with Crippen LogP contribution in [0.15, 0.2) is 28.7 Å². The van der Waals surface area contributed by atoms with Crippen LogP contribution in [0.3, 0.4) is 0 Å². The summed E-state index contributed by atoms with van der Waals surface area (Å²) in [6.07, 6.45) is 1.40. The lowest BCUT2D eigenvalue weighted by atomic mass is 9.99. The van der Waals surface area contributed by atoms with Crippen LogP contribution in [0.2, 0.25) is 0 Å². The van der Waals surface area contributed by atoms with E-state index in [0.717, 1.165) is 30.5 Å². The molecule has 19 heavy (non-hydrogen) atoms. The van der Waals surface area contributed by atoms with Crippen LogP contribution in [-0.2, 0) is 11.2 Å². The summed E-state index contributed by atoms with van der Waals surface area (Å²) < 4.78 is 1.07. The molecule has 4 heteroatoms. The van der Waals surface area contributed by atoms with Crippen molar-refractivity contribution < 1.29 is 4.79 Å². The quantitative estimate of drug-likeness (QED) is 0.926. The van der Waals surface area contributed by atoms with E-state index in [4.69, 9.17) is 0 Å². The standard InChI is InChI=1S/C15H21BrN2O/c1-15(2)11-17-9-10-18(15)14(19)8-5-12-3-6-13(16)7-4-12/h3-4,6-7,17H,5,8-11H2,1-2H3. The van der Waals surface area contributed by atoms with E-state index >= 15 is 0 Å². The number of piperazine rings is 1. The van der Waals surface area contributed by atoms with Crippen molar-refractivity contribution in [3.05, 3.63) is 34.3 Å². The fraction of sp³-hybridized carbons (Fsp3) is 0.533. The van der Waals surface area contributed by atoms with E-state index in [1.165, 1.54) is 5.56 Å². The molecule has 0 bridgehead atoms. The number of carbonyl (C=O) groups is 1. The first kappa shape index (κ1) is 14.5. The summed E-state index contributed by atoms with van der Waals surface area (Å²) in [5, 5.41) is 3.34. The van der Waals surface area contributed by atoms with Gasteiger partial charge in [-0.25, -0.2) is 0 Å². The van der Waals surface area contributed by atoms with Crippen molar-refractivity contribution in [2.75, 3.05) is 19.6 Å². The number of nitrogens with one attached hydrogen (secondary N) is 1. The van der Waals surface area contributed by atoms with E-state index in [-0.39, 0.29) is 11.4 Å². The fourth-order valence-electron chi connectivity index (χ4n) is 2.48. The van der Waals surface area contributed by atoms with Crippen molar-refractivity contribution in [3.63, 3.8) is 0 Å². The molecule has 1 amide bonds. The summed E-state index contributed by atoms with van der Waals surface area (Å²) >= 11 is 3.42. The van der Waals surface area contributed by atoms with Gasteiger partial charge in [-0.05, 0) is 38.0 Å². The summed E-state index contributed by atoms with van der Waals surface area (Å²) in [7, 11) is 0. The highest BCUT2D eigenvalue weighted by Crippen LogP contribution is 2.18. The highest BCUT2D eigenvalue weighted by Gasteiger charge is 2.32. The second kappa shape index (κ2) is 6.06. The van der Waals surface area contributed by atoms with Gasteiger partial charge in [0.05, 0.1) is 0 Å². The van der Waals surface area contributed by atoms with E-state index in [0.29, 0.717) is 6.42 Å². The van der Waals surface area contributed by atoms with Crippen molar-refractivity contribution in [1.82, 2.24) is 10.2 Å². The van der Waals surface area contributed by atoms with Crippen molar-refractivity contribution in [1.29, 1.82) is 0 Å². The molecule has 0 unspecified atom stereocenters. The summed E-state index contributed by atoms with van der Waals surface area (Å²) in [5.41, 5.74) is 1.14. The molecule has 1 aromatic rings. The Kier molecular flexibility index (Phi) is 4.63. The maximum atomic E-state index is 12.3. The van der Waals surface area contributed by atoms with Gasteiger partial charge in [-0.1, -0.05) is 28.1 Å². The molecule has 0 aliphatic carbocycles. The first-order chi connectivity index (χ1) is 8.99. The van der Waals surface area contributed by atoms with Crippen LogP contribution in [0.4, 0.5) is 0 Å². The number of carbonyl (C=O) groups excluding carboxylic acids is 1. The highest BCUT2D eigenvalue weighted by molar-refractivity contribution is 9.10. The molecule has 1 aliphatic rings. The van der Waals surface area contributed by atoms with Gasteiger partial charge in [0.25, 0.3) is 0 Å². The molecule has 2 rings (SSSR count). The second-order valence-corrected chi connectivity index (χ2v) is 6.58. The Hall–Kier alpha value is -0.870. The Morgan fingerprint density at radius 2 is 2.05 bits per heavy atom. The predicted octanol–water partition coefficient (Wildman–Crippen LogP) is 2.59. The molecular formula is C15H21BrN2O. The third-order valence-corrected chi connectivity index (χ3v) is 4.17. The summed E-state index contributed by atoms with van der Waals surface area (Å²) in [5.74, 6) is 0.259. The number of amides is 1. The van der Waals surface area contributed by atoms with Crippen LogP contribution in [0.1, 0.15) is 25.8 Å². The minimum Gasteiger partial charge on any atom is -0.335 e. The normalized spacial score (nSPS) is 18.4. The monoisotopic (exact) mass is 324 g/mol. The lowest BCUT2D eigenvalue weighted by Crippen LogP contribution is -2.59. The minimum atomic E-state index is -0.0744. The van der Waals surface area contributed by atoms with Gasteiger partial charge < -0.3 is 10.2 Å². The van der Waals surface area contributed by atoms with E-state index in [1.54, 1.807) is 0 Å². The molecule has 0 aromatic heterocycles. The minimum absolute atomic E-state index is 0.0744. The smallest absolute Gasteiger partial charge is 0.223 e. The second-order valence-electron chi connectivity index (χ2n) is 5.66. The number of halogens is 1. The van der Waals surface area contributed by atoms with Crippen LogP contribution in [-0.4, -0.2) is 36.0 Å². The Morgan fingerprint density at radius 1 is 1.37 bits per heavy atom. The topological polar surface area (TPSA) is 32.3 Å². The maximum absolute atomic E-state index is 12.3. The molecule has 1 saturated heterocycles. The molecule has 0 spiro atoms. The summed E-state index contributed by atoms with van der Waals surface area (Å²) in [6.45, 7) is 6.82. The van der Waals surface area contributed by atoms with Crippen molar-refractivity contribution in [2.45, 2.75) is 32.2 Å². The maximum Gasteiger partial charge on any atom is 0.223 e. The van der Waals surface area contributed by atoms with Gasteiger partial charge in [-0.3, -0.25) is 4.79 Å². The van der Waals surface area contributed by atoms with Crippen molar-refractivity contribution in [3.8, 4) is 0 Å². The van der Waals surface area contributed by atoms with Gasteiger partial charge in [0.15, 0.2) is 0 Å². The van der Waals surface area contributed by atoms with Gasteiger partial charge >= 0.3 is 0 Å². The van der Waals surface area contributed by atoms with Gasteiger partial charge in [0.2, 0.25) is 5.91 Å². The molecule has 1 aliphatic heterocycles. The zero-order valence-electron chi connectivity index (χ0n) is 11.6. The first-order valence-corrected chi connectivity index (χ1v) is 7.54. The number of aryl methyl sites for hydroxylation is 1. The zero-order chi connectivity index (χ0) is 13.9. The molecule has 0 radical (unpaired) electrons. The van der Waals surface area contributed by atoms with Gasteiger partial charge in [0.1, 0.15) is 0 Å². The van der Waals surface area contributed by atoms with E-state index in [1.807, 2.05) is 17.0 Å². The van der Waals surface area contributed by atoms with E-state index in [2.05, 4.69) is 47.2 Å². The Labute approximate surface area is 123 Å². The average molecular weight is 325 g/mol. The molecule has 104 valence electrons. The highest BCUT2D eigenvalue weighted by atomic mass is 79.9. The molecule has 1 heterocycles. The molecule has 1 fully saturated rings. The zero-order valence-corrected chi connectivity index (χ0v) is 13.2. The molecule has 1 N–H and O–H groups in total. The molecule has 0 saturated carbocycles. The third kappa shape index (κ3) is 3.80. The summed E-state index contributed by atoms with van der Waals surface area (Å²) in [4.78, 5) is 14.4. The molecule has 3 nitrogen and oxygen atoms in total. The lowest BCUT2D eigenvalue weighted by molar-refractivity contribution is -0.137. The van der Waals surface area contributed by atoms with Gasteiger partial charge in [-0.2, -0.15) is 0 Å². The SMILES string of the molecule is CC1(C)CNCCN1C(=O)CCc1ccc(Br)cc1. The van der Waals surface area contributed by atoms with Crippen LogP contribution in [0.25, 0.3) is 0 Å². The van der Waals surface area contributed by atoms with E-state index < -0.39 is 0 Å². The summed E-state index contributed by atoms with van der Waals surface area (Å²) in [6, 6.07) is 8.18. The molecule has 0 atom stereocenters. The van der Waals surface area contributed by atoms with Crippen molar-refractivity contribution >= 4 is 21.8 Å². The average Bonchev–Trinajstić information content (AvgIpc) is 2.37. The van der Waals surface area contributed by atoms with Crippen LogP contribution >= 0.6 is 15.9 Å². The largest absolute Gasteiger partial charge is 0.335 e. The Balaban J connectivity index is 1.92. The van der Waals surface area contributed by atoms with Crippen LogP contribution in [0.5, 0.6) is 0 Å². The number of rotatable bonds is 3. The van der Waals surface area contributed by atoms with Gasteiger partial charge in [0, 0.05) is 36.1 Å². The third-order valence-electron chi connectivity index (χ3n) is 3.64. The Morgan fingerprint density at radius 3 is 2.68 bits per heavy atom. The molecule has 1 aromatic carbocycles. The number of benzene rings is 1. The lowest BCUT2D eigenvalue weighted by Gasteiger charge is -2.43. The van der Waals surface area contributed by atoms with Crippen LogP contribution in [0, 0.1) is 0 Å². The fourth-order valence-corrected chi connectivity index (χ4v) is 2.75. The molecular weight excluding hydrogens is 304 g/mol. The predicted molar refractivity (Wildman–Crippen MR) is 81.1 cm³/mol. The Bertz CT molecular complexity index is 442. The van der Waals surface area contributed by atoms with Gasteiger partial charge in [-0.15, -0.1) is 0 Å². The van der Waals surface area contributed by atoms with Crippen LogP contribution < -0.4 is 5.32 Å². The first-order valence-electron chi connectivity index (χ1n) is 6.75. The number of nitrogens with zero attached hydrogens (tertiary/aromatic N) is 1.